The van der Waals surface area contributed by atoms with E-state index in [9.17, 15) is 0 Å². The summed E-state index contributed by atoms with van der Waals surface area (Å²) in [5.74, 6) is 1.80. The van der Waals surface area contributed by atoms with E-state index in [4.69, 9.17) is 0 Å². The second-order valence-corrected chi connectivity index (χ2v) is 4.25. The maximum absolute atomic E-state index is 3.93. The first-order chi connectivity index (χ1) is 6.24. The molecule has 0 aliphatic carbocycles. The van der Waals surface area contributed by atoms with Gasteiger partial charge in [-0.3, -0.25) is 0 Å². The third-order valence-corrected chi connectivity index (χ3v) is 2.87. The van der Waals surface area contributed by atoms with Crippen LogP contribution in [0.4, 0.5) is 0 Å². The third-order valence-electron chi connectivity index (χ3n) is 2.87. The van der Waals surface area contributed by atoms with Crippen LogP contribution in [0.1, 0.15) is 58.8 Å². The number of rotatable bonds is 8. The zero-order valence-corrected chi connectivity index (χ0v) is 9.52. The van der Waals surface area contributed by atoms with E-state index in [2.05, 4.69) is 27.7 Å². The Bertz CT molecular complexity index is 96.2. The largest absolute Gasteiger partial charge is 0.0651 e. The average Bonchev–Trinajstić information content (AvgIpc) is 2.14. The minimum atomic E-state index is 0.887. The first kappa shape index (κ1) is 13.0. The monoisotopic (exact) mass is 182 g/mol. The molecule has 0 saturated carbocycles. The van der Waals surface area contributed by atoms with Crippen molar-refractivity contribution in [3.05, 3.63) is 13.8 Å². The van der Waals surface area contributed by atoms with E-state index < -0.39 is 0 Å². The van der Waals surface area contributed by atoms with Gasteiger partial charge in [-0.05, 0) is 18.3 Å². The highest BCUT2D eigenvalue weighted by atomic mass is 14.2. The van der Waals surface area contributed by atoms with Crippen molar-refractivity contribution in [1.29, 1.82) is 0 Å². The summed E-state index contributed by atoms with van der Waals surface area (Å²) in [7, 11) is 0. The standard InChI is InChI=1S/C13H26/c1-5-8-10-12(4)11-13(7-3)9-6-2/h12-13H,1-2,5-11H2,3-4H3. The molecule has 0 amide bonds. The van der Waals surface area contributed by atoms with Crippen molar-refractivity contribution in [3.63, 3.8) is 0 Å². The minimum Gasteiger partial charge on any atom is -0.0651 e. The molecule has 78 valence electrons. The molecule has 0 bridgehead atoms. The Morgan fingerprint density at radius 3 is 2.23 bits per heavy atom. The van der Waals surface area contributed by atoms with E-state index >= 15 is 0 Å². The fourth-order valence-electron chi connectivity index (χ4n) is 1.96. The van der Waals surface area contributed by atoms with Gasteiger partial charge in [-0.25, -0.2) is 0 Å². The molecular weight excluding hydrogens is 156 g/mol. The van der Waals surface area contributed by atoms with Gasteiger partial charge in [-0.15, -0.1) is 0 Å². The molecule has 0 aromatic heterocycles. The van der Waals surface area contributed by atoms with Crippen molar-refractivity contribution in [2.45, 2.75) is 58.8 Å². The lowest BCUT2D eigenvalue weighted by Crippen LogP contribution is -2.05. The summed E-state index contributed by atoms with van der Waals surface area (Å²) >= 11 is 0. The molecule has 0 spiro atoms. The Hall–Kier alpha value is 0. The van der Waals surface area contributed by atoms with Gasteiger partial charge < -0.3 is 0 Å². The summed E-state index contributed by atoms with van der Waals surface area (Å²) in [6, 6.07) is 0. The van der Waals surface area contributed by atoms with Gasteiger partial charge in [0.2, 0.25) is 0 Å². The molecule has 0 N–H and O–H groups in total. The summed E-state index contributed by atoms with van der Waals surface area (Å²) in [5, 5.41) is 0. The van der Waals surface area contributed by atoms with Gasteiger partial charge in [0.1, 0.15) is 0 Å². The van der Waals surface area contributed by atoms with E-state index in [1.807, 2.05) is 0 Å². The molecule has 13 heavy (non-hydrogen) atoms. The predicted molar refractivity (Wildman–Crippen MR) is 61.4 cm³/mol. The SMILES string of the molecule is [CH2]CCCC(C)CC(CC)CC[CH2]. The smallest absolute Gasteiger partial charge is 0.0414 e. The Balaban J connectivity index is 3.53. The lowest BCUT2D eigenvalue weighted by molar-refractivity contribution is 0.344. The van der Waals surface area contributed by atoms with Gasteiger partial charge in [0, 0.05) is 0 Å². The minimum absolute atomic E-state index is 0.887. The van der Waals surface area contributed by atoms with Crippen LogP contribution in [0.2, 0.25) is 0 Å². The van der Waals surface area contributed by atoms with E-state index in [0.29, 0.717) is 0 Å². The molecule has 2 radical (unpaired) electrons. The second-order valence-electron chi connectivity index (χ2n) is 4.25. The molecule has 0 fully saturated rings. The maximum atomic E-state index is 3.93. The van der Waals surface area contributed by atoms with Gasteiger partial charge in [-0.1, -0.05) is 66.2 Å². The van der Waals surface area contributed by atoms with Crippen LogP contribution in [0.15, 0.2) is 0 Å². The fraction of sp³-hybridized carbons (Fsp3) is 0.846. The summed E-state index contributed by atoms with van der Waals surface area (Å²) in [4.78, 5) is 0. The molecule has 0 aromatic carbocycles. The van der Waals surface area contributed by atoms with Crippen LogP contribution >= 0.6 is 0 Å². The molecule has 0 heterocycles. The quantitative estimate of drug-likeness (QED) is 0.512. The van der Waals surface area contributed by atoms with Gasteiger partial charge >= 0.3 is 0 Å². The van der Waals surface area contributed by atoms with Crippen LogP contribution in [0, 0.1) is 25.7 Å². The Morgan fingerprint density at radius 1 is 1.08 bits per heavy atom. The van der Waals surface area contributed by atoms with Crippen LogP contribution in [0.25, 0.3) is 0 Å². The molecular formula is C13H26. The molecule has 0 rings (SSSR count). The fourth-order valence-corrected chi connectivity index (χ4v) is 1.96. The van der Waals surface area contributed by atoms with E-state index in [1.54, 1.807) is 0 Å². The molecule has 2 unspecified atom stereocenters. The summed E-state index contributed by atoms with van der Waals surface area (Å²) in [6.45, 7) is 12.5. The third kappa shape index (κ3) is 7.10. The van der Waals surface area contributed by atoms with Gasteiger partial charge in [-0.2, -0.15) is 0 Å². The molecule has 0 aliphatic rings. The van der Waals surface area contributed by atoms with Gasteiger partial charge in [0.05, 0.1) is 0 Å². The van der Waals surface area contributed by atoms with Crippen LogP contribution in [-0.4, -0.2) is 0 Å². The van der Waals surface area contributed by atoms with Gasteiger partial charge in [0.15, 0.2) is 0 Å². The Morgan fingerprint density at radius 2 is 1.77 bits per heavy atom. The molecule has 0 aromatic rings. The lowest BCUT2D eigenvalue weighted by atomic mass is 9.88. The highest BCUT2D eigenvalue weighted by molar-refractivity contribution is 4.63. The Kier molecular flexibility index (Phi) is 8.59. The zero-order valence-electron chi connectivity index (χ0n) is 9.52. The van der Waals surface area contributed by atoms with Crippen molar-refractivity contribution in [3.8, 4) is 0 Å². The summed E-state index contributed by atoms with van der Waals surface area (Å²) < 4.78 is 0. The summed E-state index contributed by atoms with van der Waals surface area (Å²) in [5.41, 5.74) is 0. The maximum Gasteiger partial charge on any atom is -0.0414 e. The Labute approximate surface area is 85.1 Å². The second kappa shape index (κ2) is 8.59. The summed E-state index contributed by atoms with van der Waals surface area (Å²) in [6.07, 6.45) is 8.87. The highest BCUT2D eigenvalue weighted by Gasteiger charge is 2.09. The molecule has 0 heteroatoms. The topological polar surface area (TPSA) is 0 Å². The number of hydrogen-bond acceptors (Lipinski definition) is 0. The van der Waals surface area contributed by atoms with Crippen molar-refractivity contribution < 1.29 is 0 Å². The van der Waals surface area contributed by atoms with Crippen LogP contribution in [0.3, 0.4) is 0 Å². The van der Waals surface area contributed by atoms with Crippen molar-refractivity contribution >= 4 is 0 Å². The first-order valence-corrected chi connectivity index (χ1v) is 5.83. The average molecular weight is 182 g/mol. The predicted octanol–water partition coefficient (Wildman–Crippen LogP) is 4.66. The molecule has 0 nitrogen and oxygen atoms in total. The van der Waals surface area contributed by atoms with Crippen molar-refractivity contribution in [2.24, 2.45) is 11.8 Å². The van der Waals surface area contributed by atoms with Crippen molar-refractivity contribution in [1.82, 2.24) is 0 Å². The van der Waals surface area contributed by atoms with Crippen LogP contribution in [-0.2, 0) is 0 Å². The van der Waals surface area contributed by atoms with Gasteiger partial charge in [0.25, 0.3) is 0 Å². The molecule has 0 aliphatic heterocycles. The highest BCUT2D eigenvalue weighted by Crippen LogP contribution is 2.23. The van der Waals surface area contributed by atoms with Crippen LogP contribution in [0.5, 0.6) is 0 Å². The van der Waals surface area contributed by atoms with Crippen LogP contribution < -0.4 is 0 Å². The molecule has 0 saturated heterocycles. The number of unbranched alkanes of at least 4 members (excludes halogenated alkanes) is 1. The van der Waals surface area contributed by atoms with E-state index in [0.717, 1.165) is 24.7 Å². The first-order valence-electron chi connectivity index (χ1n) is 5.83. The zero-order chi connectivity index (χ0) is 10.1. The molecule has 2 atom stereocenters. The number of hydrogen-bond donors (Lipinski definition) is 0. The van der Waals surface area contributed by atoms with E-state index in [-0.39, 0.29) is 0 Å². The van der Waals surface area contributed by atoms with Crippen molar-refractivity contribution in [2.75, 3.05) is 0 Å². The normalized spacial score (nSPS) is 15.7. The lowest BCUT2D eigenvalue weighted by Gasteiger charge is -2.18. The van der Waals surface area contributed by atoms with E-state index in [1.165, 1.54) is 32.1 Å².